The summed E-state index contributed by atoms with van der Waals surface area (Å²) in [6, 6.07) is 5.95. The molecule has 1 aromatic rings. The van der Waals surface area contributed by atoms with Crippen molar-refractivity contribution < 1.29 is 0 Å². The second-order valence-electron chi connectivity index (χ2n) is 6.10. The molecule has 4 nitrogen and oxygen atoms in total. The van der Waals surface area contributed by atoms with Crippen LogP contribution in [0.1, 0.15) is 44.7 Å². The molecular weight excluding hydrogens is 260 g/mol. The molecule has 0 spiro atoms. The first kappa shape index (κ1) is 15.8. The number of pyridine rings is 1. The van der Waals surface area contributed by atoms with Crippen molar-refractivity contribution in [2.45, 2.75) is 45.6 Å². The lowest BCUT2D eigenvalue weighted by Crippen LogP contribution is -2.38. The first-order valence-electron chi connectivity index (χ1n) is 8.12. The van der Waals surface area contributed by atoms with Crippen molar-refractivity contribution in [2.24, 2.45) is 16.8 Å². The summed E-state index contributed by atoms with van der Waals surface area (Å²) in [5.74, 6) is 2.66. The SMILES string of the molecule is CN=C(NCCC1CCCC(C)C1)NCc1ccccn1. The van der Waals surface area contributed by atoms with Gasteiger partial charge in [0.25, 0.3) is 0 Å². The van der Waals surface area contributed by atoms with E-state index in [1.54, 1.807) is 0 Å². The van der Waals surface area contributed by atoms with E-state index in [1.165, 1.54) is 32.1 Å². The lowest BCUT2D eigenvalue weighted by Gasteiger charge is -2.26. The fraction of sp³-hybridized carbons (Fsp3) is 0.647. The van der Waals surface area contributed by atoms with Crippen LogP contribution >= 0.6 is 0 Å². The Kier molecular flexibility index (Phi) is 6.51. The van der Waals surface area contributed by atoms with Crippen LogP contribution in [0.2, 0.25) is 0 Å². The molecule has 0 saturated heterocycles. The molecule has 2 unspecified atom stereocenters. The molecule has 0 aliphatic heterocycles. The topological polar surface area (TPSA) is 49.3 Å². The molecule has 4 heteroatoms. The van der Waals surface area contributed by atoms with Crippen molar-refractivity contribution in [2.75, 3.05) is 13.6 Å². The fourth-order valence-corrected chi connectivity index (χ4v) is 3.11. The minimum absolute atomic E-state index is 0.709. The average molecular weight is 288 g/mol. The van der Waals surface area contributed by atoms with E-state index in [1.807, 2.05) is 31.4 Å². The van der Waals surface area contributed by atoms with E-state index in [2.05, 4.69) is 27.5 Å². The minimum atomic E-state index is 0.709. The molecule has 1 aliphatic rings. The summed E-state index contributed by atoms with van der Waals surface area (Å²) < 4.78 is 0. The van der Waals surface area contributed by atoms with Gasteiger partial charge >= 0.3 is 0 Å². The van der Waals surface area contributed by atoms with E-state index in [4.69, 9.17) is 0 Å². The Morgan fingerprint density at radius 2 is 2.24 bits per heavy atom. The molecule has 1 fully saturated rings. The Bertz CT molecular complexity index is 430. The summed E-state index contributed by atoms with van der Waals surface area (Å²) in [5, 5.41) is 6.72. The predicted molar refractivity (Wildman–Crippen MR) is 88.2 cm³/mol. The Morgan fingerprint density at radius 3 is 2.95 bits per heavy atom. The first-order chi connectivity index (χ1) is 10.3. The van der Waals surface area contributed by atoms with Crippen LogP contribution in [0.4, 0.5) is 0 Å². The second kappa shape index (κ2) is 8.65. The van der Waals surface area contributed by atoms with E-state index < -0.39 is 0 Å². The van der Waals surface area contributed by atoms with Crippen molar-refractivity contribution in [1.82, 2.24) is 15.6 Å². The van der Waals surface area contributed by atoms with Gasteiger partial charge in [-0.3, -0.25) is 9.98 Å². The summed E-state index contributed by atoms with van der Waals surface area (Å²) in [6.07, 6.45) is 8.66. The Balaban J connectivity index is 1.66. The molecule has 0 amide bonds. The molecule has 0 radical (unpaired) electrons. The van der Waals surface area contributed by atoms with Gasteiger partial charge in [-0.05, 0) is 36.8 Å². The molecule has 0 aromatic carbocycles. The molecule has 21 heavy (non-hydrogen) atoms. The maximum absolute atomic E-state index is 4.30. The van der Waals surface area contributed by atoms with Gasteiger partial charge in [0.2, 0.25) is 0 Å². The lowest BCUT2D eigenvalue weighted by molar-refractivity contribution is 0.270. The van der Waals surface area contributed by atoms with Crippen molar-refractivity contribution in [3.05, 3.63) is 30.1 Å². The molecule has 2 N–H and O–H groups in total. The first-order valence-corrected chi connectivity index (χ1v) is 8.12. The van der Waals surface area contributed by atoms with Gasteiger partial charge in [0.1, 0.15) is 0 Å². The summed E-state index contributed by atoms with van der Waals surface area (Å²) >= 11 is 0. The van der Waals surface area contributed by atoms with Gasteiger partial charge in [-0.25, -0.2) is 0 Å². The van der Waals surface area contributed by atoms with Crippen molar-refractivity contribution >= 4 is 5.96 Å². The lowest BCUT2D eigenvalue weighted by atomic mass is 9.81. The maximum atomic E-state index is 4.30. The highest BCUT2D eigenvalue weighted by molar-refractivity contribution is 5.79. The van der Waals surface area contributed by atoms with Crippen LogP contribution in [0.5, 0.6) is 0 Å². The number of guanidine groups is 1. The number of hydrogen-bond acceptors (Lipinski definition) is 2. The minimum Gasteiger partial charge on any atom is -0.356 e. The van der Waals surface area contributed by atoms with Crippen LogP contribution in [0.15, 0.2) is 29.4 Å². The number of hydrogen-bond donors (Lipinski definition) is 2. The highest BCUT2D eigenvalue weighted by Gasteiger charge is 2.18. The number of rotatable bonds is 5. The zero-order valence-corrected chi connectivity index (χ0v) is 13.3. The second-order valence-corrected chi connectivity index (χ2v) is 6.10. The summed E-state index contributed by atoms with van der Waals surface area (Å²) in [5.41, 5.74) is 1.03. The van der Waals surface area contributed by atoms with Crippen LogP contribution in [0.25, 0.3) is 0 Å². The monoisotopic (exact) mass is 288 g/mol. The standard InChI is InChI=1S/C17H28N4/c1-14-6-5-7-15(12-14)9-11-20-17(18-2)21-13-16-8-3-4-10-19-16/h3-4,8,10,14-15H,5-7,9,11-13H2,1-2H3,(H2,18,20,21). The maximum Gasteiger partial charge on any atom is 0.191 e. The molecule has 1 saturated carbocycles. The van der Waals surface area contributed by atoms with E-state index in [0.717, 1.165) is 30.0 Å². The quantitative estimate of drug-likeness (QED) is 0.647. The summed E-state index contributed by atoms with van der Waals surface area (Å²) in [6.45, 7) is 4.09. The van der Waals surface area contributed by atoms with E-state index >= 15 is 0 Å². The zero-order valence-electron chi connectivity index (χ0n) is 13.3. The van der Waals surface area contributed by atoms with E-state index in [-0.39, 0.29) is 0 Å². The molecular formula is C17H28N4. The van der Waals surface area contributed by atoms with Gasteiger partial charge in [0.15, 0.2) is 5.96 Å². The fourth-order valence-electron chi connectivity index (χ4n) is 3.11. The highest BCUT2D eigenvalue weighted by atomic mass is 15.2. The molecule has 116 valence electrons. The molecule has 1 aliphatic carbocycles. The molecule has 1 aromatic heterocycles. The van der Waals surface area contributed by atoms with Crippen LogP contribution < -0.4 is 10.6 Å². The largest absolute Gasteiger partial charge is 0.356 e. The average Bonchev–Trinajstić information content (AvgIpc) is 2.52. The Labute approximate surface area is 128 Å². The van der Waals surface area contributed by atoms with Gasteiger partial charge in [-0.2, -0.15) is 0 Å². The van der Waals surface area contributed by atoms with Crippen LogP contribution in [0, 0.1) is 11.8 Å². The molecule has 2 atom stereocenters. The van der Waals surface area contributed by atoms with E-state index in [9.17, 15) is 0 Å². The predicted octanol–water partition coefficient (Wildman–Crippen LogP) is 2.96. The van der Waals surface area contributed by atoms with Crippen molar-refractivity contribution in [3.63, 3.8) is 0 Å². The van der Waals surface area contributed by atoms with Crippen LogP contribution in [-0.2, 0) is 6.54 Å². The summed E-state index contributed by atoms with van der Waals surface area (Å²) in [4.78, 5) is 8.57. The third-order valence-corrected chi connectivity index (χ3v) is 4.28. The molecule has 1 heterocycles. The zero-order chi connectivity index (χ0) is 14.9. The number of aliphatic imine (C=N–C) groups is 1. The number of nitrogens with zero attached hydrogens (tertiary/aromatic N) is 2. The van der Waals surface area contributed by atoms with Crippen LogP contribution in [0.3, 0.4) is 0 Å². The summed E-state index contributed by atoms with van der Waals surface area (Å²) in [7, 11) is 1.82. The van der Waals surface area contributed by atoms with Crippen LogP contribution in [-0.4, -0.2) is 24.5 Å². The van der Waals surface area contributed by atoms with E-state index in [0.29, 0.717) is 6.54 Å². The Morgan fingerprint density at radius 1 is 1.33 bits per heavy atom. The van der Waals surface area contributed by atoms with Gasteiger partial charge in [0.05, 0.1) is 12.2 Å². The number of aromatic nitrogens is 1. The van der Waals surface area contributed by atoms with Crippen molar-refractivity contribution in [3.8, 4) is 0 Å². The smallest absolute Gasteiger partial charge is 0.191 e. The van der Waals surface area contributed by atoms with Gasteiger partial charge in [0, 0.05) is 19.8 Å². The molecule has 2 rings (SSSR count). The van der Waals surface area contributed by atoms with Gasteiger partial charge in [-0.15, -0.1) is 0 Å². The highest BCUT2D eigenvalue weighted by Crippen LogP contribution is 2.30. The number of nitrogens with one attached hydrogen (secondary N) is 2. The normalized spacial score (nSPS) is 22.9. The van der Waals surface area contributed by atoms with Gasteiger partial charge in [-0.1, -0.05) is 32.3 Å². The van der Waals surface area contributed by atoms with Gasteiger partial charge < -0.3 is 10.6 Å². The van der Waals surface area contributed by atoms with Crippen molar-refractivity contribution in [1.29, 1.82) is 0 Å². The third-order valence-electron chi connectivity index (χ3n) is 4.28. The molecule has 0 bridgehead atoms. The Hall–Kier alpha value is -1.58. The third kappa shape index (κ3) is 5.74.